The van der Waals surface area contributed by atoms with Gasteiger partial charge in [0.05, 0.1) is 10.7 Å². The second-order valence-corrected chi connectivity index (χ2v) is 7.24. The number of hydrogen-bond donors (Lipinski definition) is 0. The molecule has 1 saturated heterocycles. The van der Waals surface area contributed by atoms with E-state index in [0.717, 1.165) is 32.7 Å². The third-order valence-corrected chi connectivity index (χ3v) is 5.56. The molecule has 0 amide bonds. The van der Waals surface area contributed by atoms with Gasteiger partial charge in [-0.15, -0.1) is 11.3 Å². The minimum absolute atomic E-state index is 0.546. The monoisotopic (exact) mass is 307 g/mol. The number of nitrogens with zero attached hydrogens (tertiary/aromatic N) is 3. The maximum Gasteiger partial charge on any atom is 0.0897 e. The Labute approximate surface area is 128 Å². The Morgan fingerprint density at radius 2 is 2.05 bits per heavy atom. The van der Waals surface area contributed by atoms with Crippen LogP contribution < -0.4 is 0 Å². The summed E-state index contributed by atoms with van der Waals surface area (Å²) in [7, 11) is 0. The van der Waals surface area contributed by atoms with Gasteiger partial charge in [-0.2, -0.15) is 11.3 Å². The molecule has 20 heavy (non-hydrogen) atoms. The SMILES string of the molecule is Cc1nc(CN2CCN(C(C)c3ccsc3)CC2)cs1. The van der Waals surface area contributed by atoms with Gasteiger partial charge in [0.2, 0.25) is 0 Å². The van der Waals surface area contributed by atoms with E-state index >= 15 is 0 Å². The van der Waals surface area contributed by atoms with Gasteiger partial charge in [0.25, 0.3) is 0 Å². The molecule has 108 valence electrons. The van der Waals surface area contributed by atoms with E-state index in [-0.39, 0.29) is 0 Å². The van der Waals surface area contributed by atoms with Crippen molar-refractivity contribution >= 4 is 22.7 Å². The fourth-order valence-corrected chi connectivity index (χ4v) is 4.09. The van der Waals surface area contributed by atoms with Gasteiger partial charge >= 0.3 is 0 Å². The fraction of sp³-hybridized carbons (Fsp3) is 0.533. The van der Waals surface area contributed by atoms with E-state index in [1.165, 1.54) is 16.3 Å². The van der Waals surface area contributed by atoms with E-state index in [2.05, 4.69) is 50.8 Å². The van der Waals surface area contributed by atoms with Crippen molar-refractivity contribution in [3.63, 3.8) is 0 Å². The summed E-state index contributed by atoms with van der Waals surface area (Å²) in [6.07, 6.45) is 0. The number of piperazine rings is 1. The molecule has 1 atom stereocenters. The van der Waals surface area contributed by atoms with Gasteiger partial charge in [0.1, 0.15) is 0 Å². The first-order valence-electron chi connectivity index (χ1n) is 7.12. The number of hydrogen-bond acceptors (Lipinski definition) is 5. The second-order valence-electron chi connectivity index (χ2n) is 5.40. The molecule has 0 radical (unpaired) electrons. The van der Waals surface area contributed by atoms with Gasteiger partial charge in [0.15, 0.2) is 0 Å². The zero-order chi connectivity index (χ0) is 13.9. The highest BCUT2D eigenvalue weighted by Gasteiger charge is 2.22. The lowest BCUT2D eigenvalue weighted by Crippen LogP contribution is -2.46. The van der Waals surface area contributed by atoms with Gasteiger partial charge in [-0.25, -0.2) is 4.98 Å². The summed E-state index contributed by atoms with van der Waals surface area (Å²) in [6, 6.07) is 2.80. The molecule has 0 saturated carbocycles. The van der Waals surface area contributed by atoms with E-state index in [1.54, 1.807) is 22.7 Å². The van der Waals surface area contributed by atoms with Crippen LogP contribution >= 0.6 is 22.7 Å². The van der Waals surface area contributed by atoms with E-state index in [4.69, 9.17) is 0 Å². The Balaban J connectivity index is 1.52. The first-order valence-corrected chi connectivity index (χ1v) is 8.94. The topological polar surface area (TPSA) is 19.4 Å². The van der Waals surface area contributed by atoms with Crippen LogP contribution in [0.1, 0.15) is 29.2 Å². The average Bonchev–Trinajstić information content (AvgIpc) is 3.11. The summed E-state index contributed by atoms with van der Waals surface area (Å²) < 4.78 is 0. The second kappa shape index (κ2) is 6.35. The van der Waals surface area contributed by atoms with Crippen LogP contribution in [0.5, 0.6) is 0 Å². The smallest absolute Gasteiger partial charge is 0.0897 e. The molecule has 1 fully saturated rings. The summed E-state index contributed by atoms with van der Waals surface area (Å²) in [5.74, 6) is 0. The van der Waals surface area contributed by atoms with E-state index in [0.29, 0.717) is 6.04 Å². The lowest BCUT2D eigenvalue weighted by atomic mass is 10.1. The standard InChI is InChI=1S/C15H21N3S2/c1-12(14-3-8-19-10-14)18-6-4-17(5-7-18)9-15-11-20-13(2)16-15/h3,8,10-12H,4-7,9H2,1-2H3. The van der Waals surface area contributed by atoms with Crippen molar-refractivity contribution in [1.82, 2.24) is 14.8 Å². The summed E-state index contributed by atoms with van der Waals surface area (Å²) in [6.45, 7) is 10.00. The predicted octanol–water partition coefficient (Wildman–Crippen LogP) is 3.39. The molecule has 0 aliphatic carbocycles. The summed E-state index contributed by atoms with van der Waals surface area (Å²) >= 11 is 3.54. The maximum atomic E-state index is 4.56. The van der Waals surface area contributed by atoms with Crippen LogP contribution in [0.4, 0.5) is 0 Å². The number of aromatic nitrogens is 1. The molecular formula is C15H21N3S2. The lowest BCUT2D eigenvalue weighted by molar-refractivity contribution is 0.0973. The fourth-order valence-electron chi connectivity index (χ4n) is 2.74. The summed E-state index contributed by atoms with van der Waals surface area (Å²) in [4.78, 5) is 9.67. The molecule has 3 nitrogen and oxygen atoms in total. The molecule has 1 aliphatic heterocycles. The average molecular weight is 307 g/mol. The molecule has 0 aromatic carbocycles. The van der Waals surface area contributed by atoms with Crippen molar-refractivity contribution in [3.05, 3.63) is 38.5 Å². The number of aryl methyl sites for hydroxylation is 1. The van der Waals surface area contributed by atoms with Crippen LogP contribution in [-0.4, -0.2) is 41.0 Å². The largest absolute Gasteiger partial charge is 0.295 e. The zero-order valence-corrected chi connectivity index (χ0v) is 13.7. The number of thiophene rings is 1. The van der Waals surface area contributed by atoms with Crippen molar-refractivity contribution in [2.75, 3.05) is 26.2 Å². The maximum absolute atomic E-state index is 4.56. The van der Waals surface area contributed by atoms with Gasteiger partial charge in [-0.05, 0) is 36.2 Å². The molecule has 2 aromatic rings. The molecule has 1 aliphatic rings. The molecule has 1 unspecified atom stereocenters. The third kappa shape index (κ3) is 3.28. The first-order chi connectivity index (χ1) is 9.72. The van der Waals surface area contributed by atoms with Crippen molar-refractivity contribution in [1.29, 1.82) is 0 Å². The van der Waals surface area contributed by atoms with E-state index in [1.807, 2.05) is 0 Å². The normalized spacial score (nSPS) is 19.3. The Morgan fingerprint density at radius 1 is 1.25 bits per heavy atom. The van der Waals surface area contributed by atoms with Crippen LogP contribution in [0.2, 0.25) is 0 Å². The van der Waals surface area contributed by atoms with E-state index < -0.39 is 0 Å². The van der Waals surface area contributed by atoms with Gasteiger partial charge < -0.3 is 0 Å². The summed E-state index contributed by atoms with van der Waals surface area (Å²) in [5, 5.41) is 7.81. The summed E-state index contributed by atoms with van der Waals surface area (Å²) in [5.41, 5.74) is 2.69. The van der Waals surface area contributed by atoms with Crippen molar-refractivity contribution in [2.45, 2.75) is 26.4 Å². The molecule has 3 rings (SSSR count). The highest BCUT2D eigenvalue weighted by Crippen LogP contribution is 2.24. The highest BCUT2D eigenvalue weighted by atomic mass is 32.1. The molecular weight excluding hydrogens is 286 g/mol. The van der Waals surface area contributed by atoms with Crippen molar-refractivity contribution in [2.24, 2.45) is 0 Å². The van der Waals surface area contributed by atoms with Crippen LogP contribution in [0.25, 0.3) is 0 Å². The minimum atomic E-state index is 0.546. The lowest BCUT2D eigenvalue weighted by Gasteiger charge is -2.37. The Bertz CT molecular complexity index is 527. The van der Waals surface area contributed by atoms with Crippen molar-refractivity contribution in [3.8, 4) is 0 Å². The van der Waals surface area contributed by atoms with Crippen LogP contribution in [0.15, 0.2) is 22.2 Å². The minimum Gasteiger partial charge on any atom is -0.295 e. The Morgan fingerprint density at radius 3 is 2.65 bits per heavy atom. The molecule has 3 heterocycles. The number of thiazole rings is 1. The van der Waals surface area contributed by atoms with Crippen LogP contribution in [-0.2, 0) is 6.54 Å². The van der Waals surface area contributed by atoms with Gasteiger partial charge in [0, 0.05) is 44.1 Å². The first kappa shape index (κ1) is 14.2. The van der Waals surface area contributed by atoms with Gasteiger partial charge in [-0.1, -0.05) is 0 Å². The Kier molecular flexibility index (Phi) is 4.51. The zero-order valence-electron chi connectivity index (χ0n) is 12.1. The van der Waals surface area contributed by atoms with Gasteiger partial charge in [-0.3, -0.25) is 9.80 Å². The number of rotatable bonds is 4. The predicted molar refractivity (Wildman–Crippen MR) is 86.4 cm³/mol. The molecule has 0 spiro atoms. The molecule has 2 aromatic heterocycles. The molecule has 5 heteroatoms. The highest BCUT2D eigenvalue weighted by molar-refractivity contribution is 7.09. The van der Waals surface area contributed by atoms with Crippen LogP contribution in [0, 0.1) is 6.92 Å². The van der Waals surface area contributed by atoms with E-state index in [9.17, 15) is 0 Å². The Hall–Kier alpha value is -0.750. The van der Waals surface area contributed by atoms with Crippen LogP contribution in [0.3, 0.4) is 0 Å². The molecule has 0 N–H and O–H groups in total. The quantitative estimate of drug-likeness (QED) is 0.863. The molecule has 0 bridgehead atoms. The van der Waals surface area contributed by atoms with Crippen molar-refractivity contribution < 1.29 is 0 Å². The third-order valence-electron chi connectivity index (χ3n) is 4.03.